The highest BCUT2D eigenvalue weighted by molar-refractivity contribution is 6.11. The normalized spacial score (nSPS) is 18.0. The molecule has 0 radical (unpaired) electrons. The summed E-state index contributed by atoms with van der Waals surface area (Å²) in [6, 6.07) is 9.33. The molecule has 2 fully saturated rings. The first kappa shape index (κ1) is 36.6. The topological polar surface area (TPSA) is 140 Å². The summed E-state index contributed by atoms with van der Waals surface area (Å²) < 4.78 is 23.4. The minimum absolute atomic E-state index is 0.0387. The lowest BCUT2D eigenvalue weighted by Gasteiger charge is -2.31. The van der Waals surface area contributed by atoms with Gasteiger partial charge in [0, 0.05) is 37.2 Å². The molecule has 4 heterocycles. The molecule has 270 valence electrons. The van der Waals surface area contributed by atoms with Gasteiger partial charge in [-0.15, -0.1) is 10.2 Å². The lowest BCUT2D eigenvalue weighted by Crippen LogP contribution is -2.44. The van der Waals surface area contributed by atoms with E-state index in [1.165, 1.54) is 0 Å². The quantitative estimate of drug-likeness (QED) is 0.242. The van der Waals surface area contributed by atoms with Gasteiger partial charge in [0.15, 0.2) is 5.82 Å². The Labute approximate surface area is 294 Å². The summed E-state index contributed by atoms with van der Waals surface area (Å²) >= 11 is 0. The minimum Gasteiger partial charge on any atom is -0.444 e. The molecular formula is C37H50N6O7. The van der Waals surface area contributed by atoms with Crippen molar-refractivity contribution in [2.45, 2.75) is 105 Å². The van der Waals surface area contributed by atoms with Crippen molar-refractivity contribution in [1.29, 1.82) is 0 Å². The SMILES string of the molecule is CCc1c(N2CCC3(CCN(C(=O)OC(C)(C)C)C3)C2)cnc(N(C(=O)OC(C)(C)C)C(=O)OC(C)(C)C)c1-c1nnc(-c2ccccc2)o1. The highest BCUT2D eigenvalue weighted by Crippen LogP contribution is 2.45. The van der Waals surface area contributed by atoms with Gasteiger partial charge in [0.25, 0.3) is 5.89 Å². The third kappa shape index (κ3) is 8.36. The van der Waals surface area contributed by atoms with Crippen molar-refractivity contribution in [2.75, 3.05) is 36.0 Å². The molecule has 2 saturated heterocycles. The summed E-state index contributed by atoms with van der Waals surface area (Å²) in [7, 11) is 0. The van der Waals surface area contributed by atoms with Crippen LogP contribution < -0.4 is 9.80 Å². The summed E-state index contributed by atoms with van der Waals surface area (Å²) in [5.74, 6) is 0.324. The average Bonchev–Trinajstić information content (AvgIpc) is 3.75. The molecule has 3 aromatic rings. The van der Waals surface area contributed by atoms with Crippen LogP contribution in [0.1, 0.15) is 87.6 Å². The molecule has 13 heteroatoms. The van der Waals surface area contributed by atoms with Crippen LogP contribution in [0.4, 0.5) is 25.9 Å². The number of hydrogen-bond donors (Lipinski definition) is 0. The molecule has 13 nitrogen and oxygen atoms in total. The molecule has 0 N–H and O–H groups in total. The zero-order valence-electron chi connectivity index (χ0n) is 31.0. The van der Waals surface area contributed by atoms with Gasteiger partial charge in [-0.05, 0) is 99.3 Å². The van der Waals surface area contributed by atoms with Crippen LogP contribution in [0, 0.1) is 5.41 Å². The fraction of sp³-hybridized carbons (Fsp3) is 0.568. The van der Waals surface area contributed by atoms with Gasteiger partial charge in [-0.25, -0.2) is 19.4 Å². The van der Waals surface area contributed by atoms with E-state index in [2.05, 4.69) is 15.1 Å². The Balaban J connectivity index is 1.60. The van der Waals surface area contributed by atoms with E-state index in [-0.39, 0.29) is 29.1 Å². The second kappa shape index (κ2) is 13.6. The fourth-order valence-electron chi connectivity index (χ4n) is 6.33. The number of ether oxygens (including phenoxy) is 3. The van der Waals surface area contributed by atoms with Crippen molar-refractivity contribution >= 4 is 29.8 Å². The molecule has 0 saturated carbocycles. The lowest BCUT2D eigenvalue weighted by atomic mass is 9.86. The van der Waals surface area contributed by atoms with Crippen LogP contribution in [0.5, 0.6) is 0 Å². The van der Waals surface area contributed by atoms with E-state index < -0.39 is 29.0 Å². The summed E-state index contributed by atoms with van der Waals surface area (Å²) in [6.07, 6.45) is 1.66. The van der Waals surface area contributed by atoms with Gasteiger partial charge in [0.1, 0.15) is 16.8 Å². The molecule has 1 atom stereocenters. The molecule has 1 spiro atoms. The van der Waals surface area contributed by atoms with Crippen molar-refractivity contribution < 1.29 is 33.0 Å². The van der Waals surface area contributed by atoms with E-state index in [1.807, 2.05) is 58.0 Å². The van der Waals surface area contributed by atoms with Crippen molar-refractivity contribution in [3.63, 3.8) is 0 Å². The van der Waals surface area contributed by atoms with Crippen LogP contribution >= 0.6 is 0 Å². The Morgan fingerprint density at radius 1 is 0.820 bits per heavy atom. The molecule has 50 heavy (non-hydrogen) atoms. The van der Waals surface area contributed by atoms with Gasteiger partial charge >= 0.3 is 18.3 Å². The van der Waals surface area contributed by atoms with Crippen molar-refractivity contribution in [1.82, 2.24) is 20.1 Å². The smallest absolute Gasteiger partial charge is 0.425 e. The largest absolute Gasteiger partial charge is 0.444 e. The van der Waals surface area contributed by atoms with E-state index in [1.54, 1.807) is 52.6 Å². The second-order valence-electron chi connectivity index (χ2n) is 16.1. The van der Waals surface area contributed by atoms with E-state index >= 15 is 0 Å². The molecule has 2 aliphatic rings. The monoisotopic (exact) mass is 690 g/mol. The van der Waals surface area contributed by atoms with E-state index in [4.69, 9.17) is 23.6 Å². The summed E-state index contributed by atoms with van der Waals surface area (Å²) in [6.45, 7) is 20.5. The molecule has 1 unspecified atom stereocenters. The minimum atomic E-state index is -0.952. The number of nitrogens with zero attached hydrogens (tertiary/aromatic N) is 6. The molecule has 0 bridgehead atoms. The van der Waals surface area contributed by atoms with Gasteiger partial charge < -0.3 is 28.4 Å². The molecule has 0 aliphatic carbocycles. The summed E-state index contributed by atoms with van der Waals surface area (Å²) in [5.41, 5.74) is 0.0762. The molecule has 2 aromatic heterocycles. The van der Waals surface area contributed by atoms with E-state index in [9.17, 15) is 14.4 Å². The zero-order valence-corrected chi connectivity index (χ0v) is 31.0. The Kier molecular flexibility index (Phi) is 9.92. The first-order chi connectivity index (χ1) is 23.3. The van der Waals surface area contributed by atoms with Crippen LogP contribution in [-0.2, 0) is 20.6 Å². The van der Waals surface area contributed by atoms with Crippen LogP contribution in [0.2, 0.25) is 0 Å². The van der Waals surface area contributed by atoms with Crippen LogP contribution in [-0.4, -0.2) is 81.3 Å². The molecule has 1 aromatic carbocycles. The maximum atomic E-state index is 13.8. The number of pyridine rings is 1. The fourth-order valence-corrected chi connectivity index (χ4v) is 6.33. The number of aromatic nitrogens is 3. The predicted molar refractivity (Wildman–Crippen MR) is 189 cm³/mol. The number of benzene rings is 1. The van der Waals surface area contributed by atoms with Crippen LogP contribution in [0.25, 0.3) is 22.9 Å². The Morgan fingerprint density at radius 3 is 1.98 bits per heavy atom. The maximum Gasteiger partial charge on any atom is 0.425 e. The number of carbonyl (C=O) groups is 3. The molecule has 2 aliphatic heterocycles. The Bertz CT molecular complexity index is 1690. The Morgan fingerprint density at radius 2 is 1.40 bits per heavy atom. The predicted octanol–water partition coefficient (Wildman–Crippen LogP) is 7.87. The molecule has 5 rings (SSSR count). The number of anilines is 2. The number of likely N-dealkylation sites (tertiary alicyclic amines) is 1. The third-order valence-electron chi connectivity index (χ3n) is 8.39. The first-order valence-electron chi connectivity index (χ1n) is 17.2. The van der Waals surface area contributed by atoms with Gasteiger partial charge in [-0.3, -0.25) is 0 Å². The standard InChI is InChI=1S/C37H50N6O7/c1-11-25-26(41-19-17-37(22-41)18-20-42(23-37)31(44)48-34(2,3)4)21-38-28(27(25)30-40-39-29(47-30)24-15-13-12-14-16-24)43(32(45)49-35(5,6)7)33(46)50-36(8,9)10/h12-16,21H,11,17-20,22-23H2,1-10H3. The van der Waals surface area contributed by atoms with Gasteiger partial charge in [0.05, 0.1) is 17.4 Å². The van der Waals surface area contributed by atoms with Gasteiger partial charge in [0.2, 0.25) is 5.89 Å². The number of imide groups is 1. The summed E-state index contributed by atoms with van der Waals surface area (Å²) in [5, 5.41) is 8.74. The van der Waals surface area contributed by atoms with Crippen LogP contribution in [0.3, 0.4) is 0 Å². The van der Waals surface area contributed by atoms with Crippen molar-refractivity contribution in [3.8, 4) is 22.9 Å². The van der Waals surface area contributed by atoms with Crippen LogP contribution in [0.15, 0.2) is 40.9 Å². The number of amides is 3. The van der Waals surface area contributed by atoms with E-state index in [0.717, 1.165) is 35.5 Å². The van der Waals surface area contributed by atoms with Crippen molar-refractivity contribution in [2.24, 2.45) is 5.41 Å². The number of rotatable bonds is 5. The second-order valence-corrected chi connectivity index (χ2v) is 16.1. The maximum absolute atomic E-state index is 13.8. The first-order valence-corrected chi connectivity index (χ1v) is 17.2. The van der Waals surface area contributed by atoms with Gasteiger partial charge in [-0.1, -0.05) is 25.1 Å². The highest BCUT2D eigenvalue weighted by atomic mass is 16.6. The van der Waals surface area contributed by atoms with Crippen molar-refractivity contribution in [3.05, 3.63) is 42.1 Å². The summed E-state index contributed by atoms with van der Waals surface area (Å²) in [4.78, 5) is 50.2. The van der Waals surface area contributed by atoms with Gasteiger partial charge in [-0.2, -0.15) is 4.90 Å². The zero-order chi connectivity index (χ0) is 36.6. The molecule has 3 amide bonds. The average molecular weight is 691 g/mol. The Hall–Kier alpha value is -4.68. The number of hydrogen-bond acceptors (Lipinski definition) is 11. The lowest BCUT2D eigenvalue weighted by molar-refractivity contribution is 0.0274. The van der Waals surface area contributed by atoms with E-state index in [0.29, 0.717) is 37.2 Å². The highest BCUT2D eigenvalue weighted by Gasteiger charge is 2.47. The molecular weight excluding hydrogens is 640 g/mol. The number of carbonyl (C=O) groups excluding carboxylic acids is 3. The third-order valence-corrected chi connectivity index (χ3v) is 8.39.